The molecule has 1 rings (SSSR count). The molecule has 0 bridgehead atoms. The van der Waals surface area contributed by atoms with Crippen LogP contribution in [0.25, 0.3) is 0 Å². The van der Waals surface area contributed by atoms with Crippen molar-refractivity contribution < 1.29 is 4.74 Å². The summed E-state index contributed by atoms with van der Waals surface area (Å²) in [6, 6.07) is 0. The molecular weight excluding hydrogens is 170 g/mol. The molecule has 10 heavy (non-hydrogen) atoms. The lowest BCUT2D eigenvalue weighted by atomic mass is 10.6. The molecule has 0 unspecified atom stereocenters. The SMILES string of the molecule is CCOCc1cnc(Cl)s1. The Morgan fingerprint density at radius 3 is 3.10 bits per heavy atom. The van der Waals surface area contributed by atoms with E-state index in [-0.39, 0.29) is 0 Å². The lowest BCUT2D eigenvalue weighted by Gasteiger charge is -1.93. The molecule has 0 fully saturated rings. The molecule has 0 aromatic carbocycles. The third-order valence-corrected chi connectivity index (χ3v) is 2.06. The number of nitrogens with zero attached hydrogens (tertiary/aromatic N) is 1. The van der Waals surface area contributed by atoms with E-state index in [1.165, 1.54) is 11.3 Å². The number of aromatic nitrogens is 1. The van der Waals surface area contributed by atoms with Gasteiger partial charge in [0.1, 0.15) is 0 Å². The second kappa shape index (κ2) is 3.91. The second-order valence-electron chi connectivity index (χ2n) is 1.72. The summed E-state index contributed by atoms with van der Waals surface area (Å²) in [6.07, 6.45) is 1.74. The average molecular weight is 178 g/mol. The summed E-state index contributed by atoms with van der Waals surface area (Å²) in [5.41, 5.74) is 0. The van der Waals surface area contributed by atoms with Crippen LogP contribution in [-0.4, -0.2) is 11.6 Å². The molecular formula is C6H8ClNOS. The van der Waals surface area contributed by atoms with Gasteiger partial charge in [0.15, 0.2) is 4.47 Å². The maximum Gasteiger partial charge on any atom is 0.183 e. The summed E-state index contributed by atoms with van der Waals surface area (Å²) in [7, 11) is 0. The van der Waals surface area contributed by atoms with Crippen LogP contribution in [0.5, 0.6) is 0 Å². The molecule has 0 aliphatic heterocycles. The van der Waals surface area contributed by atoms with Crippen molar-refractivity contribution in [1.82, 2.24) is 4.98 Å². The van der Waals surface area contributed by atoms with Crippen LogP contribution in [0.3, 0.4) is 0 Å². The molecule has 0 atom stereocenters. The molecule has 1 aromatic rings. The van der Waals surface area contributed by atoms with Crippen LogP contribution in [-0.2, 0) is 11.3 Å². The van der Waals surface area contributed by atoms with E-state index >= 15 is 0 Å². The summed E-state index contributed by atoms with van der Waals surface area (Å²) in [6.45, 7) is 3.32. The van der Waals surface area contributed by atoms with Gasteiger partial charge in [-0.1, -0.05) is 11.6 Å². The minimum absolute atomic E-state index is 0.578. The molecule has 0 aliphatic carbocycles. The van der Waals surface area contributed by atoms with E-state index in [9.17, 15) is 0 Å². The summed E-state index contributed by atoms with van der Waals surface area (Å²) >= 11 is 7.05. The van der Waals surface area contributed by atoms with Gasteiger partial charge in [0, 0.05) is 12.8 Å². The van der Waals surface area contributed by atoms with Crippen LogP contribution in [0.4, 0.5) is 0 Å². The summed E-state index contributed by atoms with van der Waals surface area (Å²) in [5.74, 6) is 0. The van der Waals surface area contributed by atoms with Crippen LogP contribution in [0, 0.1) is 0 Å². The van der Waals surface area contributed by atoms with Crippen molar-refractivity contribution in [3.8, 4) is 0 Å². The van der Waals surface area contributed by atoms with Gasteiger partial charge in [-0.3, -0.25) is 0 Å². The quantitative estimate of drug-likeness (QED) is 0.707. The van der Waals surface area contributed by atoms with Crippen molar-refractivity contribution in [2.45, 2.75) is 13.5 Å². The Bertz CT molecular complexity index is 201. The Morgan fingerprint density at radius 2 is 2.60 bits per heavy atom. The molecule has 0 spiro atoms. The summed E-state index contributed by atoms with van der Waals surface area (Å²) < 4.78 is 5.72. The number of thiazole rings is 1. The minimum Gasteiger partial charge on any atom is -0.376 e. The van der Waals surface area contributed by atoms with Gasteiger partial charge in [-0.05, 0) is 6.92 Å². The molecule has 0 aliphatic rings. The van der Waals surface area contributed by atoms with Crippen LogP contribution in [0.1, 0.15) is 11.8 Å². The fourth-order valence-electron chi connectivity index (χ4n) is 0.553. The molecule has 1 aromatic heterocycles. The van der Waals surface area contributed by atoms with Gasteiger partial charge in [-0.25, -0.2) is 4.98 Å². The molecule has 0 radical (unpaired) electrons. The zero-order chi connectivity index (χ0) is 7.40. The largest absolute Gasteiger partial charge is 0.376 e. The first-order valence-electron chi connectivity index (χ1n) is 3.01. The zero-order valence-electron chi connectivity index (χ0n) is 5.63. The molecule has 4 heteroatoms. The molecule has 0 saturated carbocycles. The third-order valence-electron chi connectivity index (χ3n) is 0.974. The van der Waals surface area contributed by atoms with E-state index in [1.807, 2.05) is 6.92 Å². The first-order valence-corrected chi connectivity index (χ1v) is 4.20. The summed E-state index contributed by atoms with van der Waals surface area (Å²) in [5, 5.41) is 0. The smallest absolute Gasteiger partial charge is 0.183 e. The molecule has 0 N–H and O–H groups in total. The maximum atomic E-state index is 5.59. The predicted octanol–water partition coefficient (Wildman–Crippen LogP) is 2.33. The van der Waals surface area contributed by atoms with E-state index in [1.54, 1.807) is 6.20 Å². The fraction of sp³-hybridized carbons (Fsp3) is 0.500. The van der Waals surface area contributed by atoms with Gasteiger partial charge in [0.25, 0.3) is 0 Å². The number of ether oxygens (including phenoxy) is 1. The fourth-order valence-corrected chi connectivity index (χ4v) is 1.47. The normalized spacial score (nSPS) is 10.2. The predicted molar refractivity (Wildman–Crippen MR) is 42.5 cm³/mol. The van der Waals surface area contributed by atoms with Crippen molar-refractivity contribution in [2.75, 3.05) is 6.61 Å². The van der Waals surface area contributed by atoms with Crippen LogP contribution >= 0.6 is 22.9 Å². The van der Waals surface area contributed by atoms with E-state index in [2.05, 4.69) is 4.98 Å². The topological polar surface area (TPSA) is 22.1 Å². The van der Waals surface area contributed by atoms with Crippen molar-refractivity contribution >= 4 is 22.9 Å². The van der Waals surface area contributed by atoms with E-state index in [4.69, 9.17) is 16.3 Å². The van der Waals surface area contributed by atoms with E-state index in [0.717, 1.165) is 11.5 Å². The van der Waals surface area contributed by atoms with E-state index < -0.39 is 0 Å². The Labute approximate surface area is 68.8 Å². The summed E-state index contributed by atoms with van der Waals surface area (Å²) in [4.78, 5) is 4.95. The molecule has 1 heterocycles. The first kappa shape index (κ1) is 7.98. The Morgan fingerprint density at radius 1 is 1.80 bits per heavy atom. The highest BCUT2D eigenvalue weighted by Gasteiger charge is 1.97. The van der Waals surface area contributed by atoms with Crippen molar-refractivity contribution in [3.63, 3.8) is 0 Å². The highest BCUT2D eigenvalue weighted by atomic mass is 35.5. The van der Waals surface area contributed by atoms with Crippen LogP contribution < -0.4 is 0 Å². The minimum atomic E-state index is 0.578. The van der Waals surface area contributed by atoms with Gasteiger partial charge >= 0.3 is 0 Å². The standard InChI is InChI=1S/C6H8ClNOS/c1-2-9-4-5-3-8-6(7)10-5/h3H,2,4H2,1H3. The molecule has 56 valence electrons. The van der Waals surface area contributed by atoms with Crippen LogP contribution in [0.2, 0.25) is 4.47 Å². The Balaban J connectivity index is 2.42. The molecule has 0 saturated heterocycles. The maximum absolute atomic E-state index is 5.59. The lowest BCUT2D eigenvalue weighted by molar-refractivity contribution is 0.136. The third kappa shape index (κ3) is 2.25. The van der Waals surface area contributed by atoms with Crippen molar-refractivity contribution in [2.24, 2.45) is 0 Å². The highest BCUT2D eigenvalue weighted by Crippen LogP contribution is 2.17. The molecule has 2 nitrogen and oxygen atoms in total. The van der Waals surface area contributed by atoms with Gasteiger partial charge in [-0.2, -0.15) is 0 Å². The zero-order valence-corrected chi connectivity index (χ0v) is 7.21. The van der Waals surface area contributed by atoms with E-state index in [0.29, 0.717) is 11.1 Å². The first-order chi connectivity index (χ1) is 4.83. The Hall–Kier alpha value is -0.120. The average Bonchev–Trinajstić information content (AvgIpc) is 2.31. The monoisotopic (exact) mass is 177 g/mol. The lowest BCUT2D eigenvalue weighted by Crippen LogP contribution is -1.87. The number of rotatable bonds is 3. The second-order valence-corrected chi connectivity index (χ2v) is 3.41. The van der Waals surface area contributed by atoms with Crippen LogP contribution in [0.15, 0.2) is 6.20 Å². The van der Waals surface area contributed by atoms with Crippen molar-refractivity contribution in [1.29, 1.82) is 0 Å². The van der Waals surface area contributed by atoms with Crippen molar-refractivity contribution in [3.05, 3.63) is 15.5 Å². The number of hydrogen-bond acceptors (Lipinski definition) is 3. The van der Waals surface area contributed by atoms with Gasteiger partial charge in [0.05, 0.1) is 11.5 Å². The van der Waals surface area contributed by atoms with Gasteiger partial charge in [-0.15, -0.1) is 11.3 Å². The number of hydrogen-bond donors (Lipinski definition) is 0. The van der Waals surface area contributed by atoms with Gasteiger partial charge in [0.2, 0.25) is 0 Å². The number of halogens is 1. The highest BCUT2D eigenvalue weighted by molar-refractivity contribution is 7.15. The Kier molecular flexibility index (Phi) is 3.12. The van der Waals surface area contributed by atoms with Gasteiger partial charge < -0.3 is 4.74 Å². The molecule has 0 amide bonds.